The normalized spacial score (nSPS) is 14.2. The molecule has 1 heterocycles. The first-order chi connectivity index (χ1) is 7.16. The first-order valence-electron chi connectivity index (χ1n) is 5.29. The number of hydrogen-bond donors (Lipinski definition) is 1. The Bertz CT molecular complexity index is 349. The van der Waals surface area contributed by atoms with Gasteiger partial charge in [0, 0.05) is 19.1 Å². The van der Waals surface area contributed by atoms with Crippen LogP contribution in [0, 0.1) is 0 Å². The summed E-state index contributed by atoms with van der Waals surface area (Å²) in [7, 11) is 0. The van der Waals surface area contributed by atoms with Crippen molar-refractivity contribution in [3.8, 4) is 0 Å². The lowest BCUT2D eigenvalue weighted by Gasteiger charge is -2.18. The van der Waals surface area contributed by atoms with E-state index in [1.54, 1.807) is 0 Å². The van der Waals surface area contributed by atoms with Crippen molar-refractivity contribution in [3.63, 3.8) is 0 Å². The molecular weight excluding hydrogens is 188 g/mol. The number of benzene rings is 1. The van der Waals surface area contributed by atoms with Crippen molar-refractivity contribution in [1.82, 2.24) is 10.2 Å². The molecule has 0 radical (unpaired) electrons. The zero-order valence-electron chi connectivity index (χ0n) is 9.16. The van der Waals surface area contributed by atoms with Crippen LogP contribution in [0.4, 0.5) is 4.79 Å². The number of amides is 2. The molecule has 0 unspecified atom stereocenters. The number of fused-ring (bicyclic) bond motifs is 1. The Kier molecular flexibility index (Phi) is 2.62. The third-order valence-corrected chi connectivity index (χ3v) is 2.54. The molecule has 1 aliphatic rings. The van der Waals surface area contributed by atoms with Gasteiger partial charge in [-0.3, -0.25) is 0 Å². The van der Waals surface area contributed by atoms with Gasteiger partial charge < -0.3 is 10.2 Å². The summed E-state index contributed by atoms with van der Waals surface area (Å²) < 4.78 is 0. The van der Waals surface area contributed by atoms with Crippen LogP contribution in [0.15, 0.2) is 24.3 Å². The molecule has 0 spiro atoms. The van der Waals surface area contributed by atoms with Crippen LogP contribution >= 0.6 is 0 Å². The molecule has 0 atom stereocenters. The number of rotatable bonds is 1. The molecule has 80 valence electrons. The van der Waals surface area contributed by atoms with E-state index in [4.69, 9.17) is 0 Å². The average Bonchev–Trinajstić information content (AvgIpc) is 2.59. The standard InChI is InChI=1S/C12H16N2O/c1-9(2)13-12(15)14-7-10-5-3-4-6-11(10)8-14/h3-6,9H,7-8H2,1-2H3,(H,13,15). The van der Waals surface area contributed by atoms with Gasteiger partial charge in [-0.25, -0.2) is 4.79 Å². The molecule has 3 nitrogen and oxygen atoms in total. The highest BCUT2D eigenvalue weighted by atomic mass is 16.2. The maximum atomic E-state index is 11.7. The zero-order chi connectivity index (χ0) is 10.8. The van der Waals surface area contributed by atoms with Crippen molar-refractivity contribution < 1.29 is 4.79 Å². The summed E-state index contributed by atoms with van der Waals surface area (Å²) >= 11 is 0. The van der Waals surface area contributed by atoms with E-state index >= 15 is 0 Å². The van der Waals surface area contributed by atoms with Crippen LogP contribution < -0.4 is 5.32 Å². The Morgan fingerprint density at radius 1 is 1.27 bits per heavy atom. The second-order valence-electron chi connectivity index (χ2n) is 4.23. The largest absolute Gasteiger partial charge is 0.336 e. The van der Waals surface area contributed by atoms with Gasteiger partial charge in [0.15, 0.2) is 0 Å². The van der Waals surface area contributed by atoms with Crippen molar-refractivity contribution in [3.05, 3.63) is 35.4 Å². The Hall–Kier alpha value is -1.51. The summed E-state index contributed by atoms with van der Waals surface area (Å²) in [6.07, 6.45) is 0. The third-order valence-electron chi connectivity index (χ3n) is 2.54. The van der Waals surface area contributed by atoms with E-state index in [2.05, 4.69) is 17.4 Å². The minimum atomic E-state index is 0.0289. The van der Waals surface area contributed by atoms with E-state index in [-0.39, 0.29) is 12.1 Å². The fourth-order valence-electron chi connectivity index (χ4n) is 1.81. The summed E-state index contributed by atoms with van der Waals surface area (Å²) in [6, 6.07) is 8.42. The van der Waals surface area contributed by atoms with E-state index in [1.807, 2.05) is 30.9 Å². The molecule has 0 saturated carbocycles. The topological polar surface area (TPSA) is 32.3 Å². The van der Waals surface area contributed by atoms with E-state index in [0.29, 0.717) is 0 Å². The highest BCUT2D eigenvalue weighted by Gasteiger charge is 2.22. The molecule has 1 aromatic rings. The van der Waals surface area contributed by atoms with Gasteiger partial charge in [-0.15, -0.1) is 0 Å². The Morgan fingerprint density at radius 3 is 2.27 bits per heavy atom. The number of nitrogens with one attached hydrogen (secondary N) is 1. The van der Waals surface area contributed by atoms with Gasteiger partial charge in [0.1, 0.15) is 0 Å². The molecule has 0 fully saturated rings. The number of nitrogens with zero attached hydrogens (tertiary/aromatic N) is 1. The fraction of sp³-hybridized carbons (Fsp3) is 0.417. The molecule has 15 heavy (non-hydrogen) atoms. The van der Waals surface area contributed by atoms with Gasteiger partial charge in [0.2, 0.25) is 0 Å². The van der Waals surface area contributed by atoms with Gasteiger partial charge in [-0.1, -0.05) is 24.3 Å². The van der Waals surface area contributed by atoms with Gasteiger partial charge >= 0.3 is 6.03 Å². The van der Waals surface area contributed by atoms with Gasteiger partial charge in [0.05, 0.1) is 0 Å². The smallest absolute Gasteiger partial charge is 0.318 e. The lowest BCUT2D eigenvalue weighted by atomic mass is 10.1. The number of carbonyl (C=O) groups is 1. The maximum Gasteiger partial charge on any atom is 0.318 e. The first kappa shape index (κ1) is 10.0. The lowest BCUT2D eigenvalue weighted by molar-refractivity contribution is 0.196. The Labute approximate surface area is 90.1 Å². The van der Waals surface area contributed by atoms with Crippen molar-refractivity contribution in [2.45, 2.75) is 33.0 Å². The number of urea groups is 1. The molecule has 1 aliphatic heterocycles. The van der Waals surface area contributed by atoms with Gasteiger partial charge in [-0.2, -0.15) is 0 Å². The number of hydrogen-bond acceptors (Lipinski definition) is 1. The lowest BCUT2D eigenvalue weighted by Crippen LogP contribution is -2.40. The minimum absolute atomic E-state index is 0.0289. The van der Waals surface area contributed by atoms with Gasteiger partial charge in [0.25, 0.3) is 0 Å². The number of carbonyl (C=O) groups excluding carboxylic acids is 1. The third kappa shape index (κ3) is 2.12. The molecule has 3 heteroatoms. The zero-order valence-corrected chi connectivity index (χ0v) is 9.16. The summed E-state index contributed by atoms with van der Waals surface area (Å²) in [6.45, 7) is 5.41. The summed E-state index contributed by atoms with van der Waals surface area (Å²) in [5, 5.41) is 2.91. The average molecular weight is 204 g/mol. The molecular formula is C12H16N2O. The Balaban J connectivity index is 2.04. The fourth-order valence-corrected chi connectivity index (χ4v) is 1.81. The highest BCUT2D eigenvalue weighted by molar-refractivity contribution is 5.75. The summed E-state index contributed by atoms with van der Waals surface area (Å²) in [4.78, 5) is 13.6. The van der Waals surface area contributed by atoms with Crippen LogP contribution in [0.25, 0.3) is 0 Å². The molecule has 0 bridgehead atoms. The van der Waals surface area contributed by atoms with Crippen LogP contribution in [0.5, 0.6) is 0 Å². The quantitative estimate of drug-likeness (QED) is 0.746. The highest BCUT2D eigenvalue weighted by Crippen LogP contribution is 2.21. The molecule has 1 aromatic carbocycles. The minimum Gasteiger partial charge on any atom is -0.336 e. The Morgan fingerprint density at radius 2 is 1.80 bits per heavy atom. The van der Waals surface area contributed by atoms with Crippen molar-refractivity contribution in [2.75, 3.05) is 0 Å². The van der Waals surface area contributed by atoms with E-state index < -0.39 is 0 Å². The van der Waals surface area contributed by atoms with E-state index in [9.17, 15) is 4.79 Å². The maximum absolute atomic E-state index is 11.7. The predicted molar refractivity (Wildman–Crippen MR) is 59.4 cm³/mol. The van der Waals surface area contributed by atoms with Crippen LogP contribution in [-0.2, 0) is 13.1 Å². The van der Waals surface area contributed by atoms with Crippen LogP contribution in [0.3, 0.4) is 0 Å². The van der Waals surface area contributed by atoms with Gasteiger partial charge in [-0.05, 0) is 25.0 Å². The molecule has 0 aliphatic carbocycles. The summed E-state index contributed by atoms with van der Waals surface area (Å²) in [5.41, 5.74) is 2.52. The summed E-state index contributed by atoms with van der Waals surface area (Å²) in [5.74, 6) is 0. The second-order valence-corrected chi connectivity index (χ2v) is 4.23. The molecule has 0 saturated heterocycles. The second kappa shape index (κ2) is 3.93. The van der Waals surface area contributed by atoms with Crippen molar-refractivity contribution in [1.29, 1.82) is 0 Å². The molecule has 0 aromatic heterocycles. The molecule has 1 N–H and O–H groups in total. The van der Waals surface area contributed by atoms with Crippen molar-refractivity contribution >= 4 is 6.03 Å². The SMILES string of the molecule is CC(C)NC(=O)N1Cc2ccccc2C1. The molecule has 2 amide bonds. The molecule has 2 rings (SSSR count). The first-order valence-corrected chi connectivity index (χ1v) is 5.29. The van der Waals surface area contributed by atoms with Crippen LogP contribution in [0.1, 0.15) is 25.0 Å². The van der Waals surface area contributed by atoms with E-state index in [1.165, 1.54) is 11.1 Å². The van der Waals surface area contributed by atoms with E-state index in [0.717, 1.165) is 13.1 Å². The van der Waals surface area contributed by atoms with Crippen LogP contribution in [-0.4, -0.2) is 17.0 Å². The predicted octanol–water partition coefficient (Wildman–Crippen LogP) is 2.12. The monoisotopic (exact) mass is 204 g/mol. The van der Waals surface area contributed by atoms with Crippen LogP contribution in [0.2, 0.25) is 0 Å². The van der Waals surface area contributed by atoms with Crippen molar-refractivity contribution in [2.24, 2.45) is 0 Å².